The molecule has 15 heavy (non-hydrogen) atoms. The maximum Gasteiger partial charge on any atom is 0.241 e. The molecule has 5 heteroatoms. The van der Waals surface area contributed by atoms with Gasteiger partial charge in [0.15, 0.2) is 0 Å². The van der Waals surface area contributed by atoms with Gasteiger partial charge < -0.3 is 10.4 Å². The highest BCUT2D eigenvalue weighted by Gasteiger charge is 2.07. The van der Waals surface area contributed by atoms with E-state index in [-0.39, 0.29) is 25.1 Å². The number of hydrogen-bond donors (Lipinski definition) is 2. The van der Waals surface area contributed by atoms with Gasteiger partial charge in [-0.25, -0.2) is 0 Å². The fraction of sp³-hybridized carbons (Fsp3) is 0.600. The van der Waals surface area contributed by atoms with Crippen molar-refractivity contribution in [1.82, 2.24) is 15.1 Å². The molecule has 1 amide bonds. The average molecular weight is 211 g/mol. The maximum atomic E-state index is 11.4. The summed E-state index contributed by atoms with van der Waals surface area (Å²) < 4.78 is 1.58. The summed E-state index contributed by atoms with van der Waals surface area (Å²) in [5.41, 5.74) is 0. The molecule has 1 rings (SSSR count). The van der Waals surface area contributed by atoms with Crippen LogP contribution in [0.3, 0.4) is 0 Å². The lowest BCUT2D eigenvalue weighted by Gasteiger charge is -2.12. The lowest BCUT2D eigenvalue weighted by atomic mass is 10.2. The number of aliphatic hydroxyl groups is 1. The van der Waals surface area contributed by atoms with E-state index in [1.807, 2.05) is 6.92 Å². The summed E-state index contributed by atoms with van der Waals surface area (Å²) in [6.07, 6.45) is 4.89. The molecule has 0 fully saturated rings. The fourth-order valence-corrected chi connectivity index (χ4v) is 1.33. The van der Waals surface area contributed by atoms with Gasteiger partial charge in [-0.15, -0.1) is 0 Å². The van der Waals surface area contributed by atoms with E-state index in [0.717, 1.165) is 6.42 Å². The average Bonchev–Trinajstić information content (AvgIpc) is 2.67. The van der Waals surface area contributed by atoms with E-state index in [9.17, 15) is 4.79 Å². The summed E-state index contributed by atoms with van der Waals surface area (Å²) >= 11 is 0. The van der Waals surface area contributed by atoms with Crippen LogP contribution in [0.5, 0.6) is 0 Å². The van der Waals surface area contributed by atoms with Crippen LogP contribution in [0.25, 0.3) is 0 Å². The zero-order valence-electron chi connectivity index (χ0n) is 8.89. The smallest absolute Gasteiger partial charge is 0.241 e. The molecule has 1 aromatic rings. The van der Waals surface area contributed by atoms with Gasteiger partial charge in [-0.1, -0.05) is 0 Å². The van der Waals surface area contributed by atoms with Crippen LogP contribution in [0.2, 0.25) is 0 Å². The number of carbonyl (C=O) groups excluding carboxylic acids is 1. The highest BCUT2D eigenvalue weighted by Crippen LogP contribution is 1.95. The van der Waals surface area contributed by atoms with Gasteiger partial charge in [0.1, 0.15) is 6.54 Å². The molecular weight excluding hydrogens is 194 g/mol. The van der Waals surface area contributed by atoms with Crippen molar-refractivity contribution in [3.63, 3.8) is 0 Å². The van der Waals surface area contributed by atoms with Gasteiger partial charge in [0.25, 0.3) is 0 Å². The van der Waals surface area contributed by atoms with Crippen LogP contribution >= 0.6 is 0 Å². The van der Waals surface area contributed by atoms with Crippen LogP contribution in [0.1, 0.15) is 19.8 Å². The highest BCUT2D eigenvalue weighted by atomic mass is 16.3. The topological polar surface area (TPSA) is 67.2 Å². The fourth-order valence-electron chi connectivity index (χ4n) is 1.33. The molecule has 0 aromatic carbocycles. The number of aromatic nitrogens is 2. The third-order valence-electron chi connectivity index (χ3n) is 2.07. The van der Waals surface area contributed by atoms with E-state index in [2.05, 4.69) is 10.4 Å². The Hall–Kier alpha value is -1.36. The number of amides is 1. The number of carbonyl (C=O) groups is 1. The molecule has 1 aromatic heterocycles. The second kappa shape index (κ2) is 6.19. The minimum Gasteiger partial charge on any atom is -0.396 e. The number of rotatable bonds is 6. The van der Waals surface area contributed by atoms with Crippen LogP contribution < -0.4 is 5.32 Å². The molecule has 0 aliphatic rings. The van der Waals surface area contributed by atoms with Gasteiger partial charge in [-0.05, 0) is 25.8 Å². The van der Waals surface area contributed by atoms with E-state index in [1.54, 1.807) is 23.1 Å². The molecule has 5 nitrogen and oxygen atoms in total. The van der Waals surface area contributed by atoms with Crippen LogP contribution in [-0.4, -0.2) is 33.4 Å². The van der Waals surface area contributed by atoms with Gasteiger partial charge >= 0.3 is 0 Å². The Balaban J connectivity index is 2.23. The molecule has 0 aliphatic heterocycles. The molecule has 84 valence electrons. The van der Waals surface area contributed by atoms with Crippen LogP contribution in [0.15, 0.2) is 18.5 Å². The molecule has 1 atom stereocenters. The van der Waals surface area contributed by atoms with Crippen molar-refractivity contribution in [1.29, 1.82) is 0 Å². The van der Waals surface area contributed by atoms with E-state index in [0.29, 0.717) is 6.42 Å². The summed E-state index contributed by atoms with van der Waals surface area (Å²) in [5, 5.41) is 15.4. The lowest BCUT2D eigenvalue weighted by molar-refractivity contribution is -0.122. The molecule has 1 heterocycles. The molecule has 2 N–H and O–H groups in total. The summed E-state index contributed by atoms with van der Waals surface area (Å²) in [5.74, 6) is -0.0517. The standard InChI is InChI=1S/C10H17N3O2/c1-9(4-2-7-14)12-10(15)8-13-6-3-5-11-13/h3,5-6,9,14H,2,4,7-8H2,1H3,(H,12,15). The SMILES string of the molecule is CC(CCCO)NC(=O)Cn1cccn1. The molecule has 0 aliphatic carbocycles. The van der Waals surface area contributed by atoms with E-state index in [1.165, 1.54) is 0 Å². The molecule has 0 bridgehead atoms. The molecule has 0 saturated heterocycles. The van der Waals surface area contributed by atoms with E-state index < -0.39 is 0 Å². The van der Waals surface area contributed by atoms with Crippen molar-refractivity contribution in [3.8, 4) is 0 Å². The van der Waals surface area contributed by atoms with Gasteiger partial charge in [-0.3, -0.25) is 9.48 Å². The Morgan fingerprint density at radius 3 is 3.07 bits per heavy atom. The minimum absolute atomic E-state index is 0.0517. The zero-order chi connectivity index (χ0) is 11.1. The molecular formula is C10H17N3O2. The largest absolute Gasteiger partial charge is 0.396 e. The van der Waals surface area contributed by atoms with Crippen LogP contribution in [0.4, 0.5) is 0 Å². The van der Waals surface area contributed by atoms with Gasteiger partial charge in [0.2, 0.25) is 5.91 Å². The number of aliphatic hydroxyl groups excluding tert-OH is 1. The molecule has 0 radical (unpaired) electrons. The number of nitrogens with one attached hydrogen (secondary N) is 1. The maximum absolute atomic E-state index is 11.4. The first-order valence-electron chi connectivity index (χ1n) is 5.10. The lowest BCUT2D eigenvalue weighted by Crippen LogP contribution is -2.35. The first kappa shape index (κ1) is 11.7. The Morgan fingerprint density at radius 2 is 2.47 bits per heavy atom. The summed E-state index contributed by atoms with van der Waals surface area (Å²) in [6, 6.07) is 1.88. The Bertz CT molecular complexity index is 285. The van der Waals surface area contributed by atoms with Gasteiger partial charge in [0.05, 0.1) is 0 Å². The van der Waals surface area contributed by atoms with Crippen molar-refractivity contribution < 1.29 is 9.90 Å². The quantitative estimate of drug-likeness (QED) is 0.704. The predicted molar refractivity (Wildman–Crippen MR) is 56.2 cm³/mol. The van der Waals surface area contributed by atoms with E-state index in [4.69, 9.17) is 5.11 Å². The summed E-state index contributed by atoms with van der Waals surface area (Å²) in [6.45, 7) is 2.34. The minimum atomic E-state index is -0.0517. The third-order valence-corrected chi connectivity index (χ3v) is 2.07. The van der Waals surface area contributed by atoms with Gasteiger partial charge in [-0.2, -0.15) is 5.10 Å². The Labute approximate surface area is 89.1 Å². The Kier molecular flexibility index (Phi) is 4.83. The van der Waals surface area contributed by atoms with Crippen molar-refractivity contribution in [2.75, 3.05) is 6.61 Å². The third kappa shape index (κ3) is 4.60. The predicted octanol–water partition coefficient (Wildman–Crippen LogP) is 0.160. The summed E-state index contributed by atoms with van der Waals surface area (Å²) in [7, 11) is 0. The van der Waals surface area contributed by atoms with Crippen molar-refractivity contribution in [2.45, 2.75) is 32.4 Å². The van der Waals surface area contributed by atoms with Crippen LogP contribution in [-0.2, 0) is 11.3 Å². The van der Waals surface area contributed by atoms with E-state index >= 15 is 0 Å². The first-order chi connectivity index (χ1) is 7.22. The highest BCUT2D eigenvalue weighted by molar-refractivity contribution is 5.75. The monoisotopic (exact) mass is 211 g/mol. The zero-order valence-corrected chi connectivity index (χ0v) is 8.89. The molecule has 1 unspecified atom stereocenters. The van der Waals surface area contributed by atoms with Crippen molar-refractivity contribution >= 4 is 5.91 Å². The summed E-state index contributed by atoms with van der Waals surface area (Å²) in [4.78, 5) is 11.4. The Morgan fingerprint density at radius 1 is 1.67 bits per heavy atom. The van der Waals surface area contributed by atoms with Crippen LogP contribution in [0, 0.1) is 0 Å². The van der Waals surface area contributed by atoms with Crippen molar-refractivity contribution in [2.24, 2.45) is 0 Å². The normalized spacial score (nSPS) is 12.4. The van der Waals surface area contributed by atoms with Gasteiger partial charge in [0, 0.05) is 25.0 Å². The molecule has 0 saturated carbocycles. The first-order valence-corrected chi connectivity index (χ1v) is 5.10. The number of nitrogens with zero attached hydrogens (tertiary/aromatic N) is 2. The second-order valence-corrected chi connectivity index (χ2v) is 3.54. The second-order valence-electron chi connectivity index (χ2n) is 3.54. The molecule has 0 spiro atoms. The van der Waals surface area contributed by atoms with Crippen molar-refractivity contribution in [3.05, 3.63) is 18.5 Å². The number of hydrogen-bond acceptors (Lipinski definition) is 3.